The standard InChI is InChI=1S/C11H12ClNOS/c12-9-1-3-10(4-2-9)13-6-8(7-15)5-11(13)14/h1-4,8,15H,5-7H2. The van der Waals surface area contributed by atoms with E-state index >= 15 is 0 Å². The van der Waals surface area contributed by atoms with Crippen LogP contribution in [0.25, 0.3) is 0 Å². The highest BCUT2D eigenvalue weighted by molar-refractivity contribution is 7.80. The zero-order chi connectivity index (χ0) is 10.8. The third-order valence-electron chi connectivity index (χ3n) is 2.60. The summed E-state index contributed by atoms with van der Waals surface area (Å²) in [6, 6.07) is 7.36. The summed E-state index contributed by atoms with van der Waals surface area (Å²) in [6.45, 7) is 0.768. The molecule has 0 N–H and O–H groups in total. The number of halogens is 1. The lowest BCUT2D eigenvalue weighted by Crippen LogP contribution is -2.24. The van der Waals surface area contributed by atoms with Gasteiger partial charge in [-0.3, -0.25) is 4.79 Å². The number of hydrogen-bond donors (Lipinski definition) is 1. The van der Waals surface area contributed by atoms with E-state index in [0.29, 0.717) is 17.4 Å². The highest BCUT2D eigenvalue weighted by atomic mass is 35.5. The van der Waals surface area contributed by atoms with Crippen LogP contribution in [-0.4, -0.2) is 18.2 Å². The Hall–Kier alpha value is -0.670. The first-order valence-electron chi connectivity index (χ1n) is 4.87. The van der Waals surface area contributed by atoms with Crippen molar-refractivity contribution >= 4 is 35.8 Å². The molecule has 1 aromatic rings. The highest BCUT2D eigenvalue weighted by Gasteiger charge is 2.29. The molecule has 1 unspecified atom stereocenters. The van der Waals surface area contributed by atoms with Gasteiger partial charge in [0.1, 0.15) is 0 Å². The molecule has 2 nitrogen and oxygen atoms in total. The summed E-state index contributed by atoms with van der Waals surface area (Å²) in [5, 5.41) is 0.691. The van der Waals surface area contributed by atoms with Crippen LogP contribution in [0.3, 0.4) is 0 Å². The predicted octanol–water partition coefficient (Wildman–Crippen LogP) is 2.62. The molecule has 1 fully saturated rings. The number of amides is 1. The minimum Gasteiger partial charge on any atom is -0.312 e. The van der Waals surface area contributed by atoms with Gasteiger partial charge in [0.05, 0.1) is 0 Å². The summed E-state index contributed by atoms with van der Waals surface area (Å²) in [6.07, 6.45) is 0.603. The summed E-state index contributed by atoms with van der Waals surface area (Å²) in [4.78, 5) is 13.5. The first-order valence-corrected chi connectivity index (χ1v) is 5.88. The molecule has 1 saturated heterocycles. The molecule has 0 bridgehead atoms. The molecule has 0 aliphatic carbocycles. The molecule has 1 amide bonds. The van der Waals surface area contributed by atoms with Crippen molar-refractivity contribution in [2.24, 2.45) is 5.92 Å². The average Bonchev–Trinajstić information content (AvgIpc) is 2.61. The number of carbonyl (C=O) groups is 1. The Bertz CT molecular complexity index is 365. The lowest BCUT2D eigenvalue weighted by Gasteiger charge is -2.16. The lowest BCUT2D eigenvalue weighted by atomic mass is 10.1. The molecule has 2 rings (SSSR count). The maximum absolute atomic E-state index is 11.7. The van der Waals surface area contributed by atoms with Crippen molar-refractivity contribution in [1.82, 2.24) is 0 Å². The van der Waals surface area contributed by atoms with Gasteiger partial charge in [-0.15, -0.1) is 0 Å². The SMILES string of the molecule is O=C1CC(CS)CN1c1ccc(Cl)cc1. The Morgan fingerprint density at radius 2 is 2.07 bits per heavy atom. The third-order valence-corrected chi connectivity index (χ3v) is 3.37. The fourth-order valence-electron chi connectivity index (χ4n) is 1.77. The van der Waals surface area contributed by atoms with Gasteiger partial charge in [0.25, 0.3) is 0 Å². The summed E-state index contributed by atoms with van der Waals surface area (Å²) in [7, 11) is 0. The molecule has 0 radical (unpaired) electrons. The summed E-state index contributed by atoms with van der Waals surface area (Å²) < 4.78 is 0. The molecule has 0 saturated carbocycles. The molecule has 1 aromatic carbocycles. The molecule has 80 valence electrons. The second-order valence-electron chi connectivity index (χ2n) is 3.73. The second kappa shape index (κ2) is 4.45. The van der Waals surface area contributed by atoms with Crippen LogP contribution in [0.4, 0.5) is 5.69 Å². The van der Waals surface area contributed by atoms with Crippen molar-refractivity contribution in [3.05, 3.63) is 29.3 Å². The summed E-state index contributed by atoms with van der Waals surface area (Å²) in [5.74, 6) is 1.31. The van der Waals surface area contributed by atoms with Crippen LogP contribution in [0.15, 0.2) is 24.3 Å². The van der Waals surface area contributed by atoms with E-state index in [4.69, 9.17) is 11.6 Å². The second-order valence-corrected chi connectivity index (χ2v) is 4.54. The zero-order valence-electron chi connectivity index (χ0n) is 8.19. The highest BCUT2D eigenvalue weighted by Crippen LogP contribution is 2.26. The van der Waals surface area contributed by atoms with Gasteiger partial charge in [-0.1, -0.05) is 11.6 Å². The van der Waals surface area contributed by atoms with Gasteiger partial charge in [0.2, 0.25) is 5.91 Å². The Kier molecular flexibility index (Phi) is 3.22. The molecule has 4 heteroatoms. The van der Waals surface area contributed by atoms with Crippen LogP contribution in [0.1, 0.15) is 6.42 Å². The van der Waals surface area contributed by atoms with E-state index < -0.39 is 0 Å². The minimum atomic E-state index is 0.177. The van der Waals surface area contributed by atoms with Gasteiger partial charge in [-0.25, -0.2) is 0 Å². The number of carbonyl (C=O) groups excluding carboxylic acids is 1. The van der Waals surface area contributed by atoms with Crippen molar-refractivity contribution in [1.29, 1.82) is 0 Å². The molecular formula is C11H12ClNOS. The molecule has 1 aliphatic heterocycles. The number of hydrogen-bond acceptors (Lipinski definition) is 2. The van der Waals surface area contributed by atoms with E-state index in [1.807, 2.05) is 12.1 Å². The van der Waals surface area contributed by atoms with Crippen LogP contribution >= 0.6 is 24.2 Å². The van der Waals surface area contributed by atoms with E-state index in [1.54, 1.807) is 17.0 Å². The number of rotatable bonds is 2. The van der Waals surface area contributed by atoms with Crippen LogP contribution in [0, 0.1) is 5.92 Å². The van der Waals surface area contributed by atoms with E-state index in [-0.39, 0.29) is 5.91 Å². The molecule has 1 heterocycles. The Morgan fingerprint density at radius 3 is 2.60 bits per heavy atom. The smallest absolute Gasteiger partial charge is 0.227 e. The maximum Gasteiger partial charge on any atom is 0.227 e. The van der Waals surface area contributed by atoms with Crippen molar-refractivity contribution in [2.75, 3.05) is 17.2 Å². The van der Waals surface area contributed by atoms with Crippen molar-refractivity contribution < 1.29 is 4.79 Å². The van der Waals surface area contributed by atoms with E-state index in [1.165, 1.54) is 0 Å². The van der Waals surface area contributed by atoms with E-state index in [0.717, 1.165) is 18.0 Å². The molecular weight excluding hydrogens is 230 g/mol. The monoisotopic (exact) mass is 241 g/mol. The fraction of sp³-hybridized carbons (Fsp3) is 0.364. The fourth-order valence-corrected chi connectivity index (χ4v) is 2.14. The van der Waals surface area contributed by atoms with E-state index in [9.17, 15) is 4.79 Å². The van der Waals surface area contributed by atoms with Crippen LogP contribution in [-0.2, 0) is 4.79 Å². The average molecular weight is 242 g/mol. The number of thiol groups is 1. The predicted molar refractivity (Wildman–Crippen MR) is 65.8 cm³/mol. The van der Waals surface area contributed by atoms with Crippen LogP contribution in [0.2, 0.25) is 5.02 Å². The molecule has 1 atom stereocenters. The maximum atomic E-state index is 11.7. The zero-order valence-corrected chi connectivity index (χ0v) is 9.84. The van der Waals surface area contributed by atoms with Gasteiger partial charge in [-0.05, 0) is 35.9 Å². The molecule has 0 aromatic heterocycles. The van der Waals surface area contributed by atoms with Crippen LogP contribution in [0.5, 0.6) is 0 Å². The van der Waals surface area contributed by atoms with Gasteiger partial charge in [0, 0.05) is 23.7 Å². The normalized spacial score (nSPS) is 21.1. The Labute approximate surface area is 99.6 Å². The largest absolute Gasteiger partial charge is 0.312 e. The lowest BCUT2D eigenvalue weighted by molar-refractivity contribution is -0.117. The van der Waals surface area contributed by atoms with Crippen molar-refractivity contribution in [3.63, 3.8) is 0 Å². The van der Waals surface area contributed by atoms with Crippen molar-refractivity contribution in [3.8, 4) is 0 Å². The van der Waals surface area contributed by atoms with Gasteiger partial charge >= 0.3 is 0 Å². The quantitative estimate of drug-likeness (QED) is 0.790. The Balaban J connectivity index is 2.18. The molecule has 15 heavy (non-hydrogen) atoms. The van der Waals surface area contributed by atoms with E-state index in [2.05, 4.69) is 12.6 Å². The first kappa shape index (κ1) is 10.8. The van der Waals surface area contributed by atoms with Gasteiger partial charge < -0.3 is 4.90 Å². The summed E-state index contributed by atoms with van der Waals surface area (Å²) >= 11 is 10.0. The minimum absolute atomic E-state index is 0.177. The van der Waals surface area contributed by atoms with Gasteiger partial charge in [0.15, 0.2) is 0 Å². The number of benzene rings is 1. The first-order chi connectivity index (χ1) is 7.20. The van der Waals surface area contributed by atoms with Crippen LogP contribution < -0.4 is 4.90 Å². The van der Waals surface area contributed by atoms with Gasteiger partial charge in [-0.2, -0.15) is 12.6 Å². The number of anilines is 1. The summed E-state index contributed by atoms with van der Waals surface area (Å²) in [5.41, 5.74) is 0.925. The Morgan fingerprint density at radius 1 is 1.40 bits per heavy atom. The molecule has 0 spiro atoms. The number of nitrogens with zero attached hydrogens (tertiary/aromatic N) is 1. The topological polar surface area (TPSA) is 20.3 Å². The third kappa shape index (κ3) is 2.29. The van der Waals surface area contributed by atoms with Crippen molar-refractivity contribution in [2.45, 2.75) is 6.42 Å². The molecule has 1 aliphatic rings.